The molecule has 0 N–H and O–H groups in total. The van der Waals surface area contributed by atoms with Gasteiger partial charge in [0.15, 0.2) is 0 Å². The first-order chi connectivity index (χ1) is 14.1. The number of hydrogen-bond acceptors (Lipinski definition) is 7. The molecule has 1 aliphatic rings. The highest BCUT2D eigenvalue weighted by atomic mass is 32.1. The maximum Gasteiger partial charge on any atom is 0.311 e. The van der Waals surface area contributed by atoms with Gasteiger partial charge in [0.1, 0.15) is 23.1 Å². The number of methoxy groups -OCH3 is 2. The minimum absolute atomic E-state index is 0.105. The number of carbonyl (C=O) groups is 2. The monoisotopic (exact) mass is 412 g/mol. The third-order valence-electron chi connectivity index (χ3n) is 4.81. The normalized spacial score (nSPS) is 16.3. The van der Waals surface area contributed by atoms with E-state index in [4.69, 9.17) is 14.2 Å². The Morgan fingerprint density at radius 1 is 1.21 bits per heavy atom. The van der Waals surface area contributed by atoms with Crippen molar-refractivity contribution in [2.45, 2.75) is 13.0 Å². The summed E-state index contributed by atoms with van der Waals surface area (Å²) in [6.07, 6.45) is 0.105. The van der Waals surface area contributed by atoms with E-state index in [-0.39, 0.29) is 25.5 Å². The molecule has 2 aromatic carbocycles. The first-order valence-electron chi connectivity index (χ1n) is 9.12. The molecule has 1 aromatic heterocycles. The maximum atomic E-state index is 12.5. The van der Waals surface area contributed by atoms with E-state index in [0.29, 0.717) is 17.2 Å². The highest BCUT2D eigenvalue weighted by Crippen LogP contribution is 2.36. The summed E-state index contributed by atoms with van der Waals surface area (Å²) >= 11 is 1.49. The summed E-state index contributed by atoms with van der Waals surface area (Å²) < 4.78 is 17.1. The standard InChI is InChI=1S/C21H20N2O5S/c1-26-14-7-8-16(17(10-14)27-2)23-11-13(9-20(23)24)21(25)28-12-19-22-15-5-3-4-6-18(15)29-19/h3-8,10,13H,9,11-12H2,1-2H3/t13-/m1/s1. The highest BCUT2D eigenvalue weighted by molar-refractivity contribution is 7.18. The van der Waals surface area contributed by atoms with E-state index in [1.165, 1.54) is 18.4 Å². The van der Waals surface area contributed by atoms with Gasteiger partial charge >= 0.3 is 5.97 Å². The van der Waals surface area contributed by atoms with Crippen molar-refractivity contribution in [3.05, 3.63) is 47.5 Å². The summed E-state index contributed by atoms with van der Waals surface area (Å²) in [6.45, 7) is 0.356. The number of ether oxygens (including phenoxy) is 3. The first-order valence-corrected chi connectivity index (χ1v) is 9.94. The number of para-hydroxylation sites is 1. The van der Waals surface area contributed by atoms with E-state index in [1.54, 1.807) is 30.2 Å². The number of benzene rings is 2. The lowest BCUT2D eigenvalue weighted by Gasteiger charge is -2.20. The Kier molecular flexibility index (Phi) is 5.35. The van der Waals surface area contributed by atoms with Crippen LogP contribution in [0.1, 0.15) is 11.4 Å². The van der Waals surface area contributed by atoms with Crippen LogP contribution in [-0.2, 0) is 20.9 Å². The molecule has 8 heteroatoms. The summed E-state index contributed by atoms with van der Waals surface area (Å²) in [5.41, 5.74) is 1.50. The third-order valence-corrected chi connectivity index (χ3v) is 5.82. The fraction of sp³-hybridized carbons (Fsp3) is 0.286. The van der Waals surface area contributed by atoms with Gasteiger partial charge in [-0.05, 0) is 24.3 Å². The Morgan fingerprint density at radius 2 is 2.03 bits per heavy atom. The number of amides is 1. The maximum absolute atomic E-state index is 12.5. The largest absolute Gasteiger partial charge is 0.497 e. The highest BCUT2D eigenvalue weighted by Gasteiger charge is 2.37. The molecule has 29 heavy (non-hydrogen) atoms. The predicted octanol–water partition coefficient (Wildman–Crippen LogP) is 3.41. The van der Waals surface area contributed by atoms with Crippen LogP contribution in [0.25, 0.3) is 10.2 Å². The van der Waals surface area contributed by atoms with Crippen LogP contribution in [0.15, 0.2) is 42.5 Å². The molecule has 3 aromatic rings. The molecule has 1 aliphatic heterocycles. The number of carbonyl (C=O) groups excluding carboxylic acids is 2. The molecule has 0 aliphatic carbocycles. The fourth-order valence-electron chi connectivity index (χ4n) is 3.34. The quantitative estimate of drug-likeness (QED) is 0.578. The molecule has 2 heterocycles. The van der Waals surface area contributed by atoms with Crippen LogP contribution in [0.5, 0.6) is 11.5 Å². The van der Waals surface area contributed by atoms with Crippen molar-refractivity contribution in [1.29, 1.82) is 0 Å². The smallest absolute Gasteiger partial charge is 0.311 e. The van der Waals surface area contributed by atoms with Crippen molar-refractivity contribution < 1.29 is 23.8 Å². The second kappa shape index (κ2) is 8.08. The summed E-state index contributed by atoms with van der Waals surface area (Å²) in [5.74, 6) is 0.0805. The molecule has 0 spiro atoms. The zero-order valence-corrected chi connectivity index (χ0v) is 16.9. The van der Waals surface area contributed by atoms with Gasteiger partial charge in [-0.15, -0.1) is 11.3 Å². The second-order valence-corrected chi connectivity index (χ2v) is 7.74. The molecule has 0 bridgehead atoms. The molecule has 0 radical (unpaired) electrons. The number of aromatic nitrogens is 1. The molecular formula is C21H20N2O5S. The van der Waals surface area contributed by atoms with Crippen molar-refractivity contribution >= 4 is 39.1 Å². The predicted molar refractivity (Wildman–Crippen MR) is 109 cm³/mol. The van der Waals surface area contributed by atoms with Gasteiger partial charge < -0.3 is 19.1 Å². The van der Waals surface area contributed by atoms with Crippen LogP contribution in [0.2, 0.25) is 0 Å². The Balaban J connectivity index is 1.42. The van der Waals surface area contributed by atoms with E-state index in [2.05, 4.69) is 4.98 Å². The van der Waals surface area contributed by atoms with Crippen molar-refractivity contribution in [3.8, 4) is 11.5 Å². The van der Waals surface area contributed by atoms with Crippen LogP contribution in [0.3, 0.4) is 0 Å². The minimum atomic E-state index is -0.524. The first kappa shape index (κ1) is 19.2. The molecule has 0 unspecified atom stereocenters. The van der Waals surface area contributed by atoms with Gasteiger partial charge in [0.25, 0.3) is 0 Å². The molecular weight excluding hydrogens is 392 g/mol. The molecule has 1 saturated heterocycles. The number of hydrogen-bond donors (Lipinski definition) is 0. The van der Waals surface area contributed by atoms with Crippen LogP contribution < -0.4 is 14.4 Å². The molecule has 4 rings (SSSR count). The molecule has 1 atom stereocenters. The molecule has 7 nitrogen and oxygen atoms in total. The van der Waals surface area contributed by atoms with Gasteiger partial charge in [-0.2, -0.15) is 0 Å². The van der Waals surface area contributed by atoms with E-state index in [9.17, 15) is 9.59 Å². The Morgan fingerprint density at radius 3 is 2.79 bits per heavy atom. The lowest BCUT2D eigenvalue weighted by molar-refractivity contribution is -0.149. The topological polar surface area (TPSA) is 78.0 Å². The van der Waals surface area contributed by atoms with Gasteiger partial charge in [0.2, 0.25) is 5.91 Å². The number of esters is 1. The zero-order valence-electron chi connectivity index (χ0n) is 16.1. The summed E-state index contributed by atoms with van der Waals surface area (Å²) in [6, 6.07) is 13.0. The van der Waals surface area contributed by atoms with E-state index in [0.717, 1.165) is 15.2 Å². The fourth-order valence-corrected chi connectivity index (χ4v) is 4.22. The van der Waals surface area contributed by atoms with Crippen LogP contribution >= 0.6 is 11.3 Å². The van der Waals surface area contributed by atoms with Crippen molar-refractivity contribution in [3.63, 3.8) is 0 Å². The molecule has 150 valence electrons. The number of rotatable bonds is 6. The SMILES string of the molecule is COc1ccc(N2C[C@H](C(=O)OCc3nc4ccccc4s3)CC2=O)c(OC)c1. The van der Waals surface area contributed by atoms with Gasteiger partial charge in [-0.3, -0.25) is 9.59 Å². The lowest BCUT2D eigenvalue weighted by atomic mass is 10.1. The van der Waals surface area contributed by atoms with E-state index in [1.807, 2.05) is 24.3 Å². The van der Waals surface area contributed by atoms with Gasteiger partial charge in [0.05, 0.1) is 36.0 Å². The average Bonchev–Trinajstić information content (AvgIpc) is 3.34. The number of nitrogens with zero attached hydrogens (tertiary/aromatic N) is 2. The zero-order chi connectivity index (χ0) is 20.4. The van der Waals surface area contributed by atoms with Crippen LogP contribution in [-0.4, -0.2) is 37.6 Å². The van der Waals surface area contributed by atoms with E-state index < -0.39 is 11.9 Å². The Hall–Kier alpha value is -3.13. The van der Waals surface area contributed by atoms with E-state index >= 15 is 0 Å². The van der Waals surface area contributed by atoms with Crippen molar-refractivity contribution in [2.24, 2.45) is 5.92 Å². The van der Waals surface area contributed by atoms with Crippen molar-refractivity contribution in [1.82, 2.24) is 4.98 Å². The average molecular weight is 412 g/mol. The molecule has 0 saturated carbocycles. The number of anilines is 1. The minimum Gasteiger partial charge on any atom is -0.497 e. The third kappa shape index (κ3) is 3.88. The van der Waals surface area contributed by atoms with Crippen LogP contribution in [0, 0.1) is 5.92 Å². The van der Waals surface area contributed by atoms with Gasteiger partial charge in [0, 0.05) is 19.0 Å². The van der Waals surface area contributed by atoms with Crippen LogP contribution in [0.4, 0.5) is 5.69 Å². The lowest BCUT2D eigenvalue weighted by Crippen LogP contribution is -2.26. The van der Waals surface area contributed by atoms with Gasteiger partial charge in [-0.25, -0.2) is 4.98 Å². The Bertz CT molecular complexity index is 1030. The second-order valence-electron chi connectivity index (χ2n) is 6.63. The number of thiazole rings is 1. The molecule has 1 fully saturated rings. The summed E-state index contributed by atoms with van der Waals surface area (Å²) in [7, 11) is 3.09. The Labute approximate surface area is 171 Å². The summed E-state index contributed by atoms with van der Waals surface area (Å²) in [5, 5.41) is 0.734. The summed E-state index contributed by atoms with van der Waals surface area (Å²) in [4.78, 5) is 31.1. The van der Waals surface area contributed by atoms with Gasteiger partial charge in [-0.1, -0.05) is 12.1 Å². The number of fused-ring (bicyclic) bond motifs is 1. The van der Waals surface area contributed by atoms with Crippen molar-refractivity contribution in [2.75, 3.05) is 25.7 Å². The molecule has 1 amide bonds.